The lowest BCUT2D eigenvalue weighted by molar-refractivity contribution is -0.121. The highest BCUT2D eigenvalue weighted by molar-refractivity contribution is 5.85. The molecule has 3 heteroatoms. The summed E-state index contributed by atoms with van der Waals surface area (Å²) >= 11 is 0. The summed E-state index contributed by atoms with van der Waals surface area (Å²) in [5.74, 6) is 0.435. The average molecular weight is 240 g/mol. The normalized spacial score (nSPS) is 11.9. The molecule has 1 N–H and O–H groups in total. The second-order valence-electron chi connectivity index (χ2n) is 4.96. The number of carbonyl (C=O) groups is 1. The van der Waals surface area contributed by atoms with Gasteiger partial charge in [-0.2, -0.15) is 5.10 Å². The van der Waals surface area contributed by atoms with Gasteiger partial charge in [0.15, 0.2) is 0 Å². The van der Waals surface area contributed by atoms with Crippen LogP contribution >= 0.6 is 0 Å². The molecule has 0 saturated heterocycles. The highest BCUT2D eigenvalue weighted by atomic mass is 16.2. The predicted octanol–water partition coefficient (Wildman–Crippen LogP) is 3.89. The van der Waals surface area contributed by atoms with Gasteiger partial charge < -0.3 is 0 Å². The van der Waals surface area contributed by atoms with E-state index < -0.39 is 0 Å². The molecule has 0 aliphatic heterocycles. The molecule has 0 spiro atoms. The topological polar surface area (TPSA) is 41.5 Å². The third-order valence-electron chi connectivity index (χ3n) is 2.95. The van der Waals surface area contributed by atoms with Crippen LogP contribution in [0.1, 0.15) is 72.6 Å². The van der Waals surface area contributed by atoms with Gasteiger partial charge >= 0.3 is 0 Å². The number of carbonyl (C=O) groups excluding carboxylic acids is 1. The van der Waals surface area contributed by atoms with Crippen molar-refractivity contribution in [2.45, 2.75) is 72.6 Å². The van der Waals surface area contributed by atoms with Crippen molar-refractivity contribution < 1.29 is 4.79 Å². The van der Waals surface area contributed by atoms with Crippen LogP contribution in [-0.2, 0) is 4.79 Å². The van der Waals surface area contributed by atoms with Gasteiger partial charge in [0.1, 0.15) is 0 Å². The Labute approximate surface area is 106 Å². The van der Waals surface area contributed by atoms with Crippen LogP contribution in [0, 0.1) is 5.92 Å². The fraction of sp³-hybridized carbons (Fsp3) is 0.857. The van der Waals surface area contributed by atoms with Gasteiger partial charge in [0.05, 0.1) is 0 Å². The first-order chi connectivity index (χ1) is 8.07. The second kappa shape index (κ2) is 10.3. The van der Waals surface area contributed by atoms with Crippen molar-refractivity contribution in [3.8, 4) is 0 Å². The Morgan fingerprint density at radius 1 is 1.12 bits per heavy atom. The SMILES string of the molecule is CCCCCCCCC(=O)NN=C(C)C(C)C. The van der Waals surface area contributed by atoms with Gasteiger partial charge in [-0.15, -0.1) is 0 Å². The van der Waals surface area contributed by atoms with Gasteiger partial charge in [-0.25, -0.2) is 5.43 Å². The van der Waals surface area contributed by atoms with Crippen LogP contribution in [0.25, 0.3) is 0 Å². The number of amides is 1. The number of unbranched alkanes of at least 4 members (excludes halogenated alkanes) is 5. The van der Waals surface area contributed by atoms with E-state index in [9.17, 15) is 4.79 Å². The van der Waals surface area contributed by atoms with Gasteiger partial charge in [0.25, 0.3) is 0 Å². The Morgan fingerprint density at radius 3 is 2.29 bits per heavy atom. The first kappa shape index (κ1) is 16.1. The molecule has 100 valence electrons. The lowest BCUT2D eigenvalue weighted by atomic mass is 10.1. The van der Waals surface area contributed by atoms with Crippen LogP contribution < -0.4 is 5.43 Å². The molecule has 0 aromatic carbocycles. The number of hydrogen-bond acceptors (Lipinski definition) is 2. The third-order valence-corrected chi connectivity index (χ3v) is 2.95. The highest BCUT2D eigenvalue weighted by Gasteiger charge is 2.01. The van der Waals surface area contributed by atoms with Crippen LogP contribution in [-0.4, -0.2) is 11.6 Å². The molecular weight excluding hydrogens is 212 g/mol. The van der Waals surface area contributed by atoms with E-state index in [1.165, 1.54) is 25.7 Å². The molecule has 0 radical (unpaired) electrons. The van der Waals surface area contributed by atoms with E-state index in [2.05, 4.69) is 31.3 Å². The highest BCUT2D eigenvalue weighted by Crippen LogP contribution is 2.06. The molecular formula is C14H28N2O. The Bertz CT molecular complexity index is 234. The fourth-order valence-corrected chi connectivity index (χ4v) is 1.40. The lowest BCUT2D eigenvalue weighted by Gasteiger charge is -2.05. The summed E-state index contributed by atoms with van der Waals surface area (Å²) in [7, 11) is 0. The molecule has 1 amide bonds. The first-order valence-corrected chi connectivity index (χ1v) is 6.91. The van der Waals surface area contributed by atoms with E-state index in [1.54, 1.807) is 0 Å². The van der Waals surface area contributed by atoms with Crippen molar-refractivity contribution in [3.05, 3.63) is 0 Å². The van der Waals surface area contributed by atoms with Crippen LogP contribution in [0.5, 0.6) is 0 Å². The van der Waals surface area contributed by atoms with E-state index in [-0.39, 0.29) is 5.91 Å². The molecule has 0 aromatic rings. The molecule has 0 aromatic heterocycles. The maximum Gasteiger partial charge on any atom is 0.240 e. The molecule has 0 aliphatic carbocycles. The molecule has 0 unspecified atom stereocenters. The predicted molar refractivity (Wildman–Crippen MR) is 74.1 cm³/mol. The largest absolute Gasteiger partial charge is 0.273 e. The maximum atomic E-state index is 11.4. The van der Waals surface area contributed by atoms with E-state index in [4.69, 9.17) is 0 Å². The maximum absolute atomic E-state index is 11.4. The summed E-state index contributed by atoms with van der Waals surface area (Å²) in [6.45, 7) is 8.29. The van der Waals surface area contributed by atoms with E-state index in [0.717, 1.165) is 18.6 Å². The van der Waals surface area contributed by atoms with Gasteiger partial charge in [0, 0.05) is 12.1 Å². The third kappa shape index (κ3) is 10.0. The van der Waals surface area contributed by atoms with Gasteiger partial charge in [-0.05, 0) is 19.3 Å². The summed E-state index contributed by atoms with van der Waals surface area (Å²) in [5, 5.41) is 4.07. The number of rotatable bonds is 9. The molecule has 0 saturated carbocycles. The smallest absolute Gasteiger partial charge is 0.240 e. The molecule has 3 nitrogen and oxygen atoms in total. The van der Waals surface area contributed by atoms with Crippen LogP contribution in [0.2, 0.25) is 0 Å². The number of nitrogens with one attached hydrogen (secondary N) is 1. The van der Waals surface area contributed by atoms with Crippen LogP contribution in [0.3, 0.4) is 0 Å². The zero-order valence-electron chi connectivity index (χ0n) is 11.9. The van der Waals surface area contributed by atoms with E-state index >= 15 is 0 Å². The number of nitrogens with zero attached hydrogens (tertiary/aromatic N) is 1. The quantitative estimate of drug-likeness (QED) is 0.371. The van der Waals surface area contributed by atoms with Crippen LogP contribution in [0.4, 0.5) is 0 Å². The minimum Gasteiger partial charge on any atom is -0.273 e. The fourth-order valence-electron chi connectivity index (χ4n) is 1.40. The molecule has 0 atom stereocenters. The Balaban J connectivity index is 3.50. The summed E-state index contributed by atoms with van der Waals surface area (Å²) in [5.41, 5.74) is 3.59. The molecule has 0 heterocycles. The molecule has 17 heavy (non-hydrogen) atoms. The van der Waals surface area contributed by atoms with Crippen molar-refractivity contribution in [2.24, 2.45) is 11.0 Å². The lowest BCUT2D eigenvalue weighted by Crippen LogP contribution is -2.19. The van der Waals surface area contributed by atoms with Crippen molar-refractivity contribution in [1.29, 1.82) is 0 Å². The van der Waals surface area contributed by atoms with Crippen molar-refractivity contribution in [2.75, 3.05) is 0 Å². The number of hydrogen-bond donors (Lipinski definition) is 1. The molecule has 0 bridgehead atoms. The van der Waals surface area contributed by atoms with Gasteiger partial charge in [0.2, 0.25) is 5.91 Å². The minimum atomic E-state index is 0.0421. The zero-order chi connectivity index (χ0) is 13.1. The summed E-state index contributed by atoms with van der Waals surface area (Å²) < 4.78 is 0. The summed E-state index contributed by atoms with van der Waals surface area (Å²) in [6, 6.07) is 0. The first-order valence-electron chi connectivity index (χ1n) is 6.91. The van der Waals surface area contributed by atoms with Crippen molar-refractivity contribution in [1.82, 2.24) is 5.43 Å². The van der Waals surface area contributed by atoms with Gasteiger partial charge in [-0.1, -0.05) is 52.9 Å². The van der Waals surface area contributed by atoms with Gasteiger partial charge in [-0.3, -0.25) is 4.79 Å². The summed E-state index contributed by atoms with van der Waals surface area (Å²) in [4.78, 5) is 11.4. The zero-order valence-corrected chi connectivity index (χ0v) is 11.9. The Morgan fingerprint density at radius 2 is 1.71 bits per heavy atom. The average Bonchev–Trinajstić information content (AvgIpc) is 2.30. The second-order valence-corrected chi connectivity index (χ2v) is 4.96. The van der Waals surface area contributed by atoms with E-state index in [0.29, 0.717) is 12.3 Å². The Kier molecular flexibility index (Phi) is 9.78. The van der Waals surface area contributed by atoms with E-state index in [1.807, 2.05) is 6.92 Å². The molecule has 0 fully saturated rings. The van der Waals surface area contributed by atoms with Crippen LogP contribution in [0.15, 0.2) is 5.10 Å². The monoisotopic (exact) mass is 240 g/mol. The molecule has 0 rings (SSSR count). The van der Waals surface area contributed by atoms with Crippen molar-refractivity contribution >= 4 is 11.6 Å². The molecule has 0 aliphatic rings. The number of hydrazone groups is 1. The Hall–Kier alpha value is -0.860. The van der Waals surface area contributed by atoms with Crippen molar-refractivity contribution in [3.63, 3.8) is 0 Å². The standard InChI is InChI=1S/C14H28N2O/c1-5-6-7-8-9-10-11-14(17)16-15-13(4)12(2)3/h12H,5-11H2,1-4H3,(H,16,17). The minimum absolute atomic E-state index is 0.0421. The summed E-state index contributed by atoms with van der Waals surface area (Å²) in [6.07, 6.45) is 7.85.